The van der Waals surface area contributed by atoms with Crippen molar-refractivity contribution in [3.63, 3.8) is 0 Å². The predicted molar refractivity (Wildman–Crippen MR) is 54.2 cm³/mol. The Morgan fingerprint density at radius 3 is 2.28 bits per heavy atom. The molecule has 1 aliphatic heterocycles. The van der Waals surface area contributed by atoms with Crippen molar-refractivity contribution in [2.45, 2.75) is 25.4 Å². The minimum atomic E-state index is -4.42. The van der Waals surface area contributed by atoms with Crippen molar-refractivity contribution in [3.8, 4) is 0 Å². The van der Waals surface area contributed by atoms with Crippen LogP contribution in [-0.4, -0.2) is 49.6 Å². The number of amides is 1. The molecular weight excluding hydrogens is 259 g/mol. The highest BCUT2D eigenvalue weighted by atomic mass is 19.4. The van der Waals surface area contributed by atoms with E-state index in [-0.39, 0.29) is 6.54 Å². The molecule has 0 unspecified atom stereocenters. The number of likely N-dealkylation sites (tertiary alicyclic amines) is 1. The molecule has 0 aromatic rings. The van der Waals surface area contributed by atoms with Gasteiger partial charge in [0.2, 0.25) is 5.91 Å². The Kier molecular flexibility index (Phi) is 5.30. The number of rotatable bonds is 4. The maximum Gasteiger partial charge on any atom is 0.405 e. The molecule has 1 saturated heterocycles. The van der Waals surface area contributed by atoms with Gasteiger partial charge in [0.1, 0.15) is 6.54 Å². The minimum Gasteiger partial charge on any atom is -0.347 e. The molecule has 18 heavy (non-hydrogen) atoms. The first-order valence-corrected chi connectivity index (χ1v) is 5.63. The first-order valence-electron chi connectivity index (χ1n) is 5.63. The van der Waals surface area contributed by atoms with E-state index in [1.165, 1.54) is 4.90 Å². The lowest BCUT2D eigenvalue weighted by molar-refractivity contribution is -0.141. The number of hydrogen-bond acceptors (Lipinski definition) is 2. The van der Waals surface area contributed by atoms with Gasteiger partial charge in [-0.3, -0.25) is 9.69 Å². The van der Waals surface area contributed by atoms with Gasteiger partial charge in [0.05, 0.1) is 6.54 Å². The topological polar surface area (TPSA) is 32.3 Å². The first kappa shape index (κ1) is 15.1. The summed E-state index contributed by atoms with van der Waals surface area (Å²) in [5, 5.41) is 1.82. The number of nitrogens with one attached hydrogen (secondary N) is 1. The smallest absolute Gasteiger partial charge is 0.347 e. The maximum absolute atomic E-state index is 12.1. The molecule has 0 saturated carbocycles. The van der Waals surface area contributed by atoms with Gasteiger partial charge in [-0.25, -0.2) is 8.78 Å². The van der Waals surface area contributed by atoms with E-state index in [0.29, 0.717) is 25.9 Å². The van der Waals surface area contributed by atoms with Gasteiger partial charge < -0.3 is 5.32 Å². The van der Waals surface area contributed by atoms with Crippen LogP contribution in [0.15, 0.2) is 0 Å². The molecular formula is C10H15F5N2O. The van der Waals surface area contributed by atoms with Crippen LogP contribution in [0.5, 0.6) is 0 Å². The minimum absolute atomic E-state index is 0.314. The van der Waals surface area contributed by atoms with E-state index < -0.39 is 31.0 Å². The summed E-state index contributed by atoms with van der Waals surface area (Å²) in [6, 6.07) is 0. The van der Waals surface area contributed by atoms with Crippen LogP contribution in [0.3, 0.4) is 0 Å². The van der Waals surface area contributed by atoms with Gasteiger partial charge >= 0.3 is 6.18 Å². The van der Waals surface area contributed by atoms with Gasteiger partial charge in [-0.1, -0.05) is 0 Å². The number of carbonyl (C=O) groups is 1. The summed E-state index contributed by atoms with van der Waals surface area (Å²) in [5.74, 6) is -1.16. The van der Waals surface area contributed by atoms with E-state index in [1.54, 1.807) is 0 Å². The number of alkyl halides is 5. The van der Waals surface area contributed by atoms with Crippen LogP contribution < -0.4 is 5.32 Å². The Balaban J connectivity index is 2.27. The Labute approximate surface area is 101 Å². The Morgan fingerprint density at radius 1 is 1.28 bits per heavy atom. The number of piperidine rings is 1. The zero-order valence-electron chi connectivity index (χ0n) is 9.64. The van der Waals surface area contributed by atoms with Crippen LogP contribution in [-0.2, 0) is 4.79 Å². The molecule has 0 aromatic carbocycles. The van der Waals surface area contributed by atoms with Gasteiger partial charge in [-0.15, -0.1) is 0 Å². The van der Waals surface area contributed by atoms with Gasteiger partial charge in [0.25, 0.3) is 6.43 Å². The van der Waals surface area contributed by atoms with Crippen LogP contribution in [0.1, 0.15) is 12.8 Å². The van der Waals surface area contributed by atoms with Crippen molar-refractivity contribution in [2.75, 3.05) is 26.2 Å². The van der Waals surface area contributed by atoms with Crippen LogP contribution in [0, 0.1) is 5.92 Å². The molecule has 1 rings (SSSR count). The summed E-state index contributed by atoms with van der Waals surface area (Å²) < 4.78 is 59.8. The second kappa shape index (κ2) is 6.31. The molecule has 0 aliphatic carbocycles. The third-order valence-electron chi connectivity index (χ3n) is 2.82. The van der Waals surface area contributed by atoms with E-state index in [0.717, 1.165) is 0 Å². The second-order valence-corrected chi connectivity index (χ2v) is 4.30. The molecule has 0 spiro atoms. The van der Waals surface area contributed by atoms with Crippen LogP contribution in [0.25, 0.3) is 0 Å². The summed E-state index contributed by atoms with van der Waals surface area (Å²) in [6.07, 6.45) is -6.22. The highest BCUT2D eigenvalue weighted by Gasteiger charge is 2.31. The molecule has 1 aliphatic rings. The monoisotopic (exact) mass is 274 g/mol. The lowest BCUT2D eigenvalue weighted by Crippen LogP contribution is -2.44. The van der Waals surface area contributed by atoms with Crippen molar-refractivity contribution in [3.05, 3.63) is 0 Å². The SMILES string of the molecule is O=C(NCC(F)(F)F)C1CCN(CC(F)F)CC1. The van der Waals surface area contributed by atoms with E-state index in [9.17, 15) is 26.7 Å². The summed E-state index contributed by atoms with van der Waals surface area (Å²) in [7, 11) is 0. The molecule has 0 radical (unpaired) electrons. The molecule has 0 aromatic heterocycles. The van der Waals surface area contributed by atoms with E-state index >= 15 is 0 Å². The van der Waals surface area contributed by atoms with Crippen LogP contribution in [0.2, 0.25) is 0 Å². The molecule has 1 amide bonds. The van der Waals surface area contributed by atoms with E-state index in [1.807, 2.05) is 5.32 Å². The quantitative estimate of drug-likeness (QED) is 0.790. The predicted octanol–water partition coefficient (Wildman–Crippen LogP) is 1.64. The lowest BCUT2D eigenvalue weighted by atomic mass is 9.96. The number of nitrogens with zero attached hydrogens (tertiary/aromatic N) is 1. The van der Waals surface area contributed by atoms with Crippen molar-refractivity contribution in [1.82, 2.24) is 10.2 Å². The summed E-state index contributed by atoms with van der Waals surface area (Å²) in [6.45, 7) is -1.07. The zero-order valence-corrected chi connectivity index (χ0v) is 9.64. The first-order chi connectivity index (χ1) is 8.28. The highest BCUT2D eigenvalue weighted by molar-refractivity contribution is 5.78. The third-order valence-corrected chi connectivity index (χ3v) is 2.82. The molecule has 0 bridgehead atoms. The fourth-order valence-electron chi connectivity index (χ4n) is 1.90. The number of hydrogen-bond donors (Lipinski definition) is 1. The van der Waals surface area contributed by atoms with Crippen molar-refractivity contribution < 1.29 is 26.7 Å². The second-order valence-electron chi connectivity index (χ2n) is 4.30. The number of carbonyl (C=O) groups excluding carboxylic acids is 1. The van der Waals surface area contributed by atoms with Gasteiger partial charge in [-0.05, 0) is 25.9 Å². The summed E-state index contributed by atoms with van der Waals surface area (Å²) >= 11 is 0. The summed E-state index contributed by atoms with van der Waals surface area (Å²) in [5.41, 5.74) is 0. The average Bonchev–Trinajstić information content (AvgIpc) is 2.25. The zero-order chi connectivity index (χ0) is 13.8. The molecule has 1 N–H and O–H groups in total. The number of halogens is 5. The fourth-order valence-corrected chi connectivity index (χ4v) is 1.90. The standard InChI is InChI=1S/C10H15F5N2O/c11-8(12)5-17-3-1-7(2-4-17)9(18)16-6-10(13,14)15/h7-8H,1-6H2,(H,16,18). The van der Waals surface area contributed by atoms with E-state index in [4.69, 9.17) is 0 Å². The van der Waals surface area contributed by atoms with Gasteiger partial charge in [0.15, 0.2) is 0 Å². The lowest BCUT2D eigenvalue weighted by Gasteiger charge is -2.30. The van der Waals surface area contributed by atoms with Crippen molar-refractivity contribution in [1.29, 1.82) is 0 Å². The third kappa shape index (κ3) is 5.61. The van der Waals surface area contributed by atoms with Gasteiger partial charge in [0, 0.05) is 5.92 Å². The largest absolute Gasteiger partial charge is 0.405 e. The van der Waals surface area contributed by atoms with Crippen molar-refractivity contribution in [2.24, 2.45) is 5.92 Å². The Morgan fingerprint density at radius 2 is 1.83 bits per heavy atom. The Hall–Kier alpha value is -0.920. The van der Waals surface area contributed by atoms with Crippen molar-refractivity contribution >= 4 is 5.91 Å². The van der Waals surface area contributed by atoms with Crippen LogP contribution in [0.4, 0.5) is 22.0 Å². The summed E-state index contributed by atoms with van der Waals surface area (Å²) in [4.78, 5) is 12.9. The van der Waals surface area contributed by atoms with E-state index in [2.05, 4.69) is 0 Å². The molecule has 1 heterocycles. The van der Waals surface area contributed by atoms with Gasteiger partial charge in [-0.2, -0.15) is 13.2 Å². The molecule has 3 nitrogen and oxygen atoms in total. The fraction of sp³-hybridized carbons (Fsp3) is 0.900. The normalized spacial score (nSPS) is 19.2. The molecule has 0 atom stereocenters. The highest BCUT2D eigenvalue weighted by Crippen LogP contribution is 2.19. The molecule has 1 fully saturated rings. The Bertz CT molecular complexity index is 274. The average molecular weight is 274 g/mol. The van der Waals surface area contributed by atoms with Crippen LogP contribution >= 0.6 is 0 Å². The molecule has 8 heteroatoms. The maximum atomic E-state index is 12.1. The molecule has 106 valence electrons.